The second kappa shape index (κ2) is 4.98. The molecule has 0 saturated heterocycles. The van der Waals surface area contributed by atoms with Crippen LogP contribution < -0.4 is 0 Å². The number of benzene rings is 1. The molecule has 0 amide bonds. The number of thioether (sulfide) groups is 1. The van der Waals surface area contributed by atoms with E-state index in [0.29, 0.717) is 17.7 Å². The van der Waals surface area contributed by atoms with Gasteiger partial charge in [0.25, 0.3) is 0 Å². The van der Waals surface area contributed by atoms with E-state index in [2.05, 4.69) is 0 Å². The summed E-state index contributed by atoms with van der Waals surface area (Å²) in [4.78, 5) is 11.7. The van der Waals surface area contributed by atoms with Gasteiger partial charge < -0.3 is 5.11 Å². The van der Waals surface area contributed by atoms with Crippen molar-refractivity contribution < 1.29 is 23.1 Å². The Morgan fingerprint density at radius 2 is 2.05 bits per heavy atom. The minimum absolute atomic E-state index is 0.0135. The number of aliphatic carboxylic acids is 1. The average Bonchev–Trinajstić information content (AvgIpc) is 2.67. The smallest absolute Gasteiger partial charge is 0.416 e. The Labute approximate surface area is 119 Å². The Hall–Kier alpha value is -1.17. The maximum Gasteiger partial charge on any atom is 0.416 e. The molecule has 20 heavy (non-hydrogen) atoms. The first-order chi connectivity index (χ1) is 9.09. The molecule has 1 aromatic rings. The molecular weight excluding hydrogens is 289 g/mol. The molecule has 1 N–H and O–H groups in total. The van der Waals surface area contributed by atoms with Crippen molar-refractivity contribution in [2.45, 2.75) is 43.0 Å². The minimum atomic E-state index is -4.34. The molecule has 1 unspecified atom stereocenters. The molecule has 0 spiro atoms. The van der Waals surface area contributed by atoms with Gasteiger partial charge in [-0.3, -0.25) is 4.79 Å². The van der Waals surface area contributed by atoms with Gasteiger partial charge in [0.05, 0.1) is 11.0 Å². The van der Waals surface area contributed by atoms with Crippen LogP contribution in [0.15, 0.2) is 23.1 Å². The van der Waals surface area contributed by atoms with E-state index in [-0.39, 0.29) is 5.25 Å². The fourth-order valence-corrected chi connectivity index (χ4v) is 3.87. The summed E-state index contributed by atoms with van der Waals surface area (Å²) in [5.74, 6) is -0.884. The summed E-state index contributed by atoms with van der Waals surface area (Å²) in [7, 11) is 0. The van der Waals surface area contributed by atoms with E-state index in [1.807, 2.05) is 0 Å². The van der Waals surface area contributed by atoms with Gasteiger partial charge in [0.2, 0.25) is 0 Å². The SMILES string of the molecule is CC(C)(CC1Cc2ccc(C(F)(F)F)cc2S1)C(=O)O. The van der Waals surface area contributed by atoms with Crippen molar-refractivity contribution in [1.82, 2.24) is 0 Å². The monoisotopic (exact) mass is 304 g/mol. The van der Waals surface area contributed by atoms with Gasteiger partial charge in [-0.15, -0.1) is 11.8 Å². The lowest BCUT2D eigenvalue weighted by atomic mass is 9.86. The molecule has 1 heterocycles. The third-order valence-electron chi connectivity index (χ3n) is 3.45. The Morgan fingerprint density at radius 1 is 1.40 bits per heavy atom. The highest BCUT2D eigenvalue weighted by molar-refractivity contribution is 8.00. The van der Waals surface area contributed by atoms with Crippen LogP contribution in [0.5, 0.6) is 0 Å². The van der Waals surface area contributed by atoms with Crippen LogP contribution in [0.1, 0.15) is 31.4 Å². The summed E-state index contributed by atoms with van der Waals surface area (Å²) >= 11 is 1.35. The summed E-state index contributed by atoms with van der Waals surface area (Å²) in [5.41, 5.74) is -0.650. The summed E-state index contributed by atoms with van der Waals surface area (Å²) in [5, 5.41) is 9.12. The van der Waals surface area contributed by atoms with Gasteiger partial charge in [-0.05, 0) is 44.4 Å². The third-order valence-corrected chi connectivity index (χ3v) is 4.75. The molecule has 0 fully saturated rings. The Kier molecular flexibility index (Phi) is 3.79. The zero-order valence-corrected chi connectivity index (χ0v) is 11.9. The summed E-state index contributed by atoms with van der Waals surface area (Å²) in [6, 6.07) is 3.75. The van der Waals surface area contributed by atoms with E-state index in [0.717, 1.165) is 17.7 Å². The van der Waals surface area contributed by atoms with Gasteiger partial charge in [0, 0.05) is 10.1 Å². The van der Waals surface area contributed by atoms with E-state index in [1.165, 1.54) is 17.8 Å². The predicted molar refractivity (Wildman–Crippen MR) is 70.8 cm³/mol. The van der Waals surface area contributed by atoms with Crippen molar-refractivity contribution in [3.8, 4) is 0 Å². The van der Waals surface area contributed by atoms with Crippen molar-refractivity contribution >= 4 is 17.7 Å². The number of carbonyl (C=O) groups is 1. The molecule has 0 bridgehead atoms. The van der Waals surface area contributed by atoms with Crippen LogP contribution in [0.25, 0.3) is 0 Å². The first-order valence-corrected chi connectivity index (χ1v) is 7.08. The maximum absolute atomic E-state index is 12.6. The van der Waals surface area contributed by atoms with Crippen molar-refractivity contribution in [1.29, 1.82) is 0 Å². The van der Waals surface area contributed by atoms with E-state index in [9.17, 15) is 18.0 Å². The van der Waals surface area contributed by atoms with E-state index in [4.69, 9.17) is 5.11 Å². The third kappa shape index (κ3) is 3.11. The average molecular weight is 304 g/mol. The Bertz CT molecular complexity index is 538. The standard InChI is InChI=1S/C14H15F3O2S/c1-13(2,12(18)19)7-10-5-8-3-4-9(14(15,16)17)6-11(8)20-10/h3-4,6,10H,5,7H2,1-2H3,(H,18,19). The molecule has 1 aliphatic heterocycles. The van der Waals surface area contributed by atoms with Crippen LogP contribution in [0, 0.1) is 5.41 Å². The molecule has 2 rings (SSSR count). The van der Waals surface area contributed by atoms with Crippen LogP contribution in [-0.2, 0) is 17.4 Å². The van der Waals surface area contributed by atoms with Gasteiger partial charge >= 0.3 is 12.1 Å². The number of carboxylic acid groups (broad SMARTS) is 1. The Morgan fingerprint density at radius 3 is 2.60 bits per heavy atom. The molecule has 0 radical (unpaired) electrons. The highest BCUT2D eigenvalue weighted by atomic mass is 32.2. The lowest BCUT2D eigenvalue weighted by Gasteiger charge is -2.22. The topological polar surface area (TPSA) is 37.3 Å². The fraction of sp³-hybridized carbons (Fsp3) is 0.500. The summed E-state index contributed by atoms with van der Waals surface area (Å²) in [6.45, 7) is 3.28. The molecule has 2 nitrogen and oxygen atoms in total. The molecule has 0 saturated carbocycles. The van der Waals surface area contributed by atoms with Crippen LogP contribution in [-0.4, -0.2) is 16.3 Å². The number of fused-ring (bicyclic) bond motifs is 1. The largest absolute Gasteiger partial charge is 0.481 e. The number of rotatable bonds is 3. The van der Waals surface area contributed by atoms with Gasteiger partial charge in [-0.1, -0.05) is 6.07 Å². The number of alkyl halides is 3. The second-order valence-corrected chi connectivity index (χ2v) is 7.00. The van der Waals surface area contributed by atoms with Crippen molar-refractivity contribution in [2.75, 3.05) is 0 Å². The van der Waals surface area contributed by atoms with Crippen molar-refractivity contribution in [3.63, 3.8) is 0 Å². The van der Waals surface area contributed by atoms with Gasteiger partial charge in [0.15, 0.2) is 0 Å². The van der Waals surface area contributed by atoms with Crippen LogP contribution >= 0.6 is 11.8 Å². The zero-order chi connectivity index (χ0) is 15.1. The van der Waals surface area contributed by atoms with E-state index >= 15 is 0 Å². The molecular formula is C14H15F3O2S. The molecule has 0 aromatic heterocycles. The van der Waals surface area contributed by atoms with Gasteiger partial charge in [-0.2, -0.15) is 13.2 Å². The molecule has 1 aliphatic rings. The second-order valence-electron chi connectivity index (χ2n) is 5.66. The first-order valence-electron chi connectivity index (χ1n) is 6.20. The highest BCUT2D eigenvalue weighted by Gasteiger charge is 2.36. The quantitative estimate of drug-likeness (QED) is 0.908. The van der Waals surface area contributed by atoms with Gasteiger partial charge in [0.1, 0.15) is 0 Å². The minimum Gasteiger partial charge on any atom is -0.481 e. The summed E-state index contributed by atoms with van der Waals surface area (Å²) < 4.78 is 37.9. The number of hydrogen-bond acceptors (Lipinski definition) is 2. The lowest BCUT2D eigenvalue weighted by Crippen LogP contribution is -2.27. The molecule has 6 heteroatoms. The van der Waals surface area contributed by atoms with E-state index < -0.39 is 23.1 Å². The number of hydrogen-bond donors (Lipinski definition) is 1. The number of carboxylic acids is 1. The van der Waals surface area contributed by atoms with Crippen molar-refractivity contribution in [2.24, 2.45) is 5.41 Å². The van der Waals surface area contributed by atoms with Crippen LogP contribution in [0.3, 0.4) is 0 Å². The first kappa shape index (κ1) is 15.2. The fourth-order valence-electron chi connectivity index (χ4n) is 2.25. The lowest BCUT2D eigenvalue weighted by molar-refractivity contribution is -0.147. The molecule has 1 aromatic carbocycles. The molecule has 110 valence electrons. The Balaban J connectivity index is 2.14. The maximum atomic E-state index is 12.6. The van der Waals surface area contributed by atoms with Crippen LogP contribution in [0.4, 0.5) is 13.2 Å². The zero-order valence-electron chi connectivity index (χ0n) is 11.1. The van der Waals surface area contributed by atoms with Crippen LogP contribution in [0.2, 0.25) is 0 Å². The molecule has 1 atom stereocenters. The van der Waals surface area contributed by atoms with Crippen molar-refractivity contribution in [3.05, 3.63) is 29.3 Å². The molecule has 0 aliphatic carbocycles. The highest BCUT2D eigenvalue weighted by Crippen LogP contribution is 2.44. The predicted octanol–water partition coefficient (Wildman–Crippen LogP) is 4.22. The summed E-state index contributed by atoms with van der Waals surface area (Å²) in [6.07, 6.45) is -3.29. The van der Waals surface area contributed by atoms with E-state index in [1.54, 1.807) is 13.8 Å². The normalized spacial score (nSPS) is 18.9. The number of halogens is 3. The van der Waals surface area contributed by atoms with Gasteiger partial charge in [-0.25, -0.2) is 0 Å².